The molecule has 0 fully saturated rings. The molecule has 1 amide bonds. The van der Waals surface area contributed by atoms with Gasteiger partial charge in [-0.25, -0.2) is 0 Å². The minimum Gasteiger partial charge on any atom is -0.395 e. The van der Waals surface area contributed by atoms with Crippen molar-refractivity contribution in [1.29, 1.82) is 0 Å². The summed E-state index contributed by atoms with van der Waals surface area (Å²) in [7, 11) is 0. The SMILES string of the molecule is CCCCC(=O)N(CCO)Cc1ccccc1. The van der Waals surface area contributed by atoms with E-state index in [9.17, 15) is 4.79 Å². The first kappa shape index (κ1) is 13.7. The number of nitrogens with zero attached hydrogens (tertiary/aromatic N) is 1. The van der Waals surface area contributed by atoms with Crippen LogP contribution in [0.4, 0.5) is 0 Å². The minimum absolute atomic E-state index is 0.0186. The number of amides is 1. The van der Waals surface area contributed by atoms with Gasteiger partial charge in [0.1, 0.15) is 0 Å². The zero-order valence-corrected chi connectivity index (χ0v) is 10.4. The Hall–Kier alpha value is -1.35. The van der Waals surface area contributed by atoms with Crippen LogP contribution in [0, 0.1) is 0 Å². The maximum Gasteiger partial charge on any atom is 0.222 e. The lowest BCUT2D eigenvalue weighted by Gasteiger charge is -2.21. The van der Waals surface area contributed by atoms with Crippen LogP contribution in [0.3, 0.4) is 0 Å². The second-order valence-corrected chi connectivity index (χ2v) is 4.13. The van der Waals surface area contributed by atoms with Crippen molar-refractivity contribution in [2.75, 3.05) is 13.2 Å². The highest BCUT2D eigenvalue weighted by molar-refractivity contribution is 5.76. The first-order chi connectivity index (χ1) is 8.27. The zero-order valence-electron chi connectivity index (χ0n) is 10.4. The van der Waals surface area contributed by atoms with Crippen molar-refractivity contribution >= 4 is 5.91 Å². The molecule has 0 heterocycles. The molecule has 3 heteroatoms. The highest BCUT2D eigenvalue weighted by atomic mass is 16.3. The Morgan fingerprint density at radius 1 is 1.29 bits per heavy atom. The van der Waals surface area contributed by atoms with Gasteiger partial charge in [0.25, 0.3) is 0 Å². The molecule has 0 saturated heterocycles. The maximum absolute atomic E-state index is 11.9. The van der Waals surface area contributed by atoms with Gasteiger partial charge in [0.05, 0.1) is 6.61 Å². The van der Waals surface area contributed by atoms with Crippen LogP contribution in [0.1, 0.15) is 31.7 Å². The first-order valence-electron chi connectivity index (χ1n) is 6.20. The van der Waals surface area contributed by atoms with Crippen molar-refractivity contribution in [2.45, 2.75) is 32.7 Å². The molecular formula is C14H21NO2. The molecule has 0 radical (unpaired) electrons. The van der Waals surface area contributed by atoms with Crippen LogP contribution in [0.25, 0.3) is 0 Å². The Labute approximate surface area is 103 Å². The van der Waals surface area contributed by atoms with E-state index in [1.807, 2.05) is 30.3 Å². The molecule has 1 aromatic carbocycles. The van der Waals surface area contributed by atoms with Gasteiger partial charge in [0.15, 0.2) is 0 Å². The molecule has 3 nitrogen and oxygen atoms in total. The van der Waals surface area contributed by atoms with Gasteiger partial charge >= 0.3 is 0 Å². The average molecular weight is 235 g/mol. The Bertz CT molecular complexity index is 324. The molecule has 0 saturated carbocycles. The fourth-order valence-corrected chi connectivity index (χ4v) is 1.70. The lowest BCUT2D eigenvalue weighted by Crippen LogP contribution is -2.32. The van der Waals surface area contributed by atoms with Crippen LogP contribution in [0.5, 0.6) is 0 Å². The number of carbonyl (C=O) groups excluding carboxylic acids is 1. The lowest BCUT2D eigenvalue weighted by atomic mass is 10.2. The average Bonchev–Trinajstić information content (AvgIpc) is 2.36. The molecule has 0 aromatic heterocycles. The molecule has 0 atom stereocenters. The molecule has 17 heavy (non-hydrogen) atoms. The fraction of sp³-hybridized carbons (Fsp3) is 0.500. The maximum atomic E-state index is 11.9. The molecule has 0 aliphatic heterocycles. The molecule has 1 N–H and O–H groups in total. The largest absolute Gasteiger partial charge is 0.395 e. The molecule has 0 spiro atoms. The van der Waals surface area contributed by atoms with Gasteiger partial charge in [0.2, 0.25) is 5.91 Å². The summed E-state index contributed by atoms with van der Waals surface area (Å²) >= 11 is 0. The topological polar surface area (TPSA) is 40.5 Å². The zero-order chi connectivity index (χ0) is 12.5. The Morgan fingerprint density at radius 2 is 2.00 bits per heavy atom. The predicted molar refractivity (Wildman–Crippen MR) is 68.5 cm³/mol. The van der Waals surface area contributed by atoms with Crippen molar-refractivity contribution in [3.05, 3.63) is 35.9 Å². The predicted octanol–water partition coefficient (Wildman–Crippen LogP) is 2.20. The van der Waals surface area contributed by atoms with E-state index in [1.54, 1.807) is 4.90 Å². The molecule has 1 rings (SSSR count). The van der Waals surface area contributed by atoms with Crippen LogP contribution < -0.4 is 0 Å². The van der Waals surface area contributed by atoms with Crippen LogP contribution in [0.15, 0.2) is 30.3 Å². The molecule has 0 aliphatic carbocycles. The monoisotopic (exact) mass is 235 g/mol. The van der Waals surface area contributed by atoms with E-state index in [-0.39, 0.29) is 12.5 Å². The summed E-state index contributed by atoms with van der Waals surface area (Å²) in [5, 5.41) is 9.00. The third kappa shape index (κ3) is 5.00. The summed E-state index contributed by atoms with van der Waals surface area (Å²) in [5.74, 6) is 0.129. The summed E-state index contributed by atoms with van der Waals surface area (Å²) in [6.07, 6.45) is 2.50. The van der Waals surface area contributed by atoms with Crippen LogP contribution in [0.2, 0.25) is 0 Å². The standard InChI is InChI=1S/C14H21NO2/c1-2-3-9-14(17)15(10-11-16)12-13-7-5-4-6-8-13/h4-8,16H,2-3,9-12H2,1H3. The summed E-state index contributed by atoms with van der Waals surface area (Å²) in [6.45, 7) is 3.09. The van der Waals surface area contributed by atoms with Crippen LogP contribution in [-0.4, -0.2) is 29.1 Å². The smallest absolute Gasteiger partial charge is 0.222 e. The molecule has 0 bridgehead atoms. The van der Waals surface area contributed by atoms with Gasteiger partial charge in [0, 0.05) is 19.5 Å². The molecular weight excluding hydrogens is 214 g/mol. The van der Waals surface area contributed by atoms with E-state index >= 15 is 0 Å². The summed E-state index contributed by atoms with van der Waals surface area (Å²) in [5.41, 5.74) is 1.10. The van der Waals surface area contributed by atoms with E-state index in [1.165, 1.54) is 0 Å². The van der Waals surface area contributed by atoms with Gasteiger partial charge < -0.3 is 10.0 Å². The van der Waals surface area contributed by atoms with Crippen molar-refractivity contribution in [3.8, 4) is 0 Å². The Balaban J connectivity index is 2.56. The number of carbonyl (C=O) groups is 1. The number of hydrogen-bond acceptors (Lipinski definition) is 2. The second kappa shape index (κ2) is 7.85. The number of rotatable bonds is 7. The van der Waals surface area contributed by atoms with E-state index < -0.39 is 0 Å². The van der Waals surface area contributed by atoms with Crippen molar-refractivity contribution in [1.82, 2.24) is 4.90 Å². The first-order valence-corrected chi connectivity index (χ1v) is 6.20. The number of aliphatic hydroxyl groups is 1. The van der Waals surface area contributed by atoms with Gasteiger partial charge in [-0.15, -0.1) is 0 Å². The number of hydrogen-bond donors (Lipinski definition) is 1. The molecule has 94 valence electrons. The van der Waals surface area contributed by atoms with Crippen LogP contribution >= 0.6 is 0 Å². The summed E-state index contributed by atoms with van der Waals surface area (Å²) < 4.78 is 0. The Kier molecular flexibility index (Phi) is 6.33. The third-order valence-corrected chi connectivity index (χ3v) is 2.68. The van der Waals surface area contributed by atoms with E-state index in [0.29, 0.717) is 19.5 Å². The second-order valence-electron chi connectivity index (χ2n) is 4.13. The molecule has 0 unspecified atom stereocenters. The highest BCUT2D eigenvalue weighted by Crippen LogP contribution is 2.07. The van der Waals surface area contributed by atoms with Gasteiger partial charge in [-0.3, -0.25) is 4.79 Å². The summed E-state index contributed by atoms with van der Waals surface area (Å²) in [4.78, 5) is 13.6. The van der Waals surface area contributed by atoms with E-state index in [4.69, 9.17) is 5.11 Å². The fourth-order valence-electron chi connectivity index (χ4n) is 1.70. The molecule has 0 aliphatic rings. The number of unbranched alkanes of at least 4 members (excludes halogenated alkanes) is 1. The van der Waals surface area contributed by atoms with Crippen molar-refractivity contribution in [3.63, 3.8) is 0 Å². The van der Waals surface area contributed by atoms with Crippen molar-refractivity contribution < 1.29 is 9.90 Å². The Morgan fingerprint density at radius 3 is 2.59 bits per heavy atom. The van der Waals surface area contributed by atoms with Gasteiger partial charge in [-0.05, 0) is 12.0 Å². The quantitative estimate of drug-likeness (QED) is 0.787. The van der Waals surface area contributed by atoms with E-state index in [2.05, 4.69) is 6.92 Å². The van der Waals surface area contributed by atoms with Crippen LogP contribution in [-0.2, 0) is 11.3 Å². The third-order valence-electron chi connectivity index (χ3n) is 2.68. The van der Waals surface area contributed by atoms with Gasteiger partial charge in [-0.1, -0.05) is 43.7 Å². The van der Waals surface area contributed by atoms with E-state index in [0.717, 1.165) is 18.4 Å². The number of benzene rings is 1. The number of aliphatic hydroxyl groups excluding tert-OH is 1. The molecule has 1 aromatic rings. The van der Waals surface area contributed by atoms with Gasteiger partial charge in [-0.2, -0.15) is 0 Å². The normalized spacial score (nSPS) is 10.2. The lowest BCUT2D eigenvalue weighted by molar-refractivity contribution is -0.132. The van der Waals surface area contributed by atoms with Crippen molar-refractivity contribution in [2.24, 2.45) is 0 Å². The minimum atomic E-state index is 0.0186. The summed E-state index contributed by atoms with van der Waals surface area (Å²) in [6, 6.07) is 9.87. The highest BCUT2D eigenvalue weighted by Gasteiger charge is 2.12.